The first kappa shape index (κ1) is 19.6. The summed E-state index contributed by atoms with van der Waals surface area (Å²) in [6, 6.07) is 22.5. The molecule has 0 spiro atoms. The zero-order chi connectivity index (χ0) is 20.9. The number of oxazole rings is 1. The fraction of sp³-hybridized carbons (Fsp3) is 0.0870. The Labute approximate surface area is 178 Å². The highest BCUT2D eigenvalue weighted by molar-refractivity contribution is 7.80. The second-order valence-corrected chi connectivity index (χ2v) is 7.08. The van der Waals surface area contributed by atoms with Crippen LogP contribution in [0.3, 0.4) is 0 Å². The number of aromatic nitrogens is 1. The van der Waals surface area contributed by atoms with Crippen LogP contribution in [-0.4, -0.2) is 22.6 Å². The monoisotopic (exact) mass is 417 g/mol. The predicted molar refractivity (Wildman–Crippen MR) is 120 cm³/mol. The van der Waals surface area contributed by atoms with Gasteiger partial charge in [0.1, 0.15) is 11.3 Å². The lowest BCUT2D eigenvalue weighted by Crippen LogP contribution is -2.37. The Bertz CT molecular complexity index is 1190. The van der Waals surface area contributed by atoms with Crippen molar-refractivity contribution in [2.24, 2.45) is 0 Å². The van der Waals surface area contributed by atoms with Gasteiger partial charge < -0.3 is 14.5 Å². The van der Waals surface area contributed by atoms with Gasteiger partial charge in [-0.25, -0.2) is 4.98 Å². The van der Waals surface area contributed by atoms with E-state index >= 15 is 0 Å². The Kier molecular flexibility index (Phi) is 5.72. The molecule has 2 N–H and O–H groups in total. The summed E-state index contributed by atoms with van der Waals surface area (Å²) >= 11 is 5.22. The highest BCUT2D eigenvalue weighted by Crippen LogP contribution is 2.26. The lowest BCUT2D eigenvalue weighted by atomic mass is 10.1. The van der Waals surface area contributed by atoms with Crippen molar-refractivity contribution in [3.8, 4) is 17.2 Å². The Morgan fingerprint density at radius 3 is 2.60 bits per heavy atom. The third-order valence-corrected chi connectivity index (χ3v) is 4.51. The van der Waals surface area contributed by atoms with Crippen LogP contribution in [0.1, 0.15) is 5.56 Å². The van der Waals surface area contributed by atoms with Crippen molar-refractivity contribution >= 4 is 40.0 Å². The molecule has 0 fully saturated rings. The third-order valence-electron chi connectivity index (χ3n) is 4.31. The lowest BCUT2D eigenvalue weighted by molar-refractivity contribution is -0.121. The number of nitrogens with one attached hydrogen (secondary N) is 2. The number of fused-ring (bicyclic) bond motifs is 1. The molecule has 7 heteroatoms. The van der Waals surface area contributed by atoms with Gasteiger partial charge in [-0.05, 0) is 61.6 Å². The highest BCUT2D eigenvalue weighted by Gasteiger charge is 2.10. The SMILES string of the molecule is Cc1ccc(-c2nc3cc(NC(=S)NC(=O)COc4ccccc4)ccc3o2)cc1. The molecule has 0 atom stereocenters. The Balaban J connectivity index is 1.37. The average Bonchev–Trinajstić information content (AvgIpc) is 3.17. The molecule has 1 aromatic heterocycles. The van der Waals surface area contributed by atoms with Crippen LogP contribution in [0.5, 0.6) is 5.75 Å². The number of nitrogens with zero attached hydrogens (tertiary/aromatic N) is 1. The molecule has 1 heterocycles. The summed E-state index contributed by atoms with van der Waals surface area (Å²) in [6.07, 6.45) is 0. The van der Waals surface area contributed by atoms with Gasteiger partial charge in [0, 0.05) is 11.3 Å². The van der Waals surface area contributed by atoms with Gasteiger partial charge in [-0.3, -0.25) is 10.1 Å². The number of amides is 1. The fourth-order valence-electron chi connectivity index (χ4n) is 2.82. The number of ether oxygens (including phenoxy) is 1. The van der Waals surface area contributed by atoms with Crippen LogP contribution in [0.25, 0.3) is 22.6 Å². The number of rotatable bonds is 5. The molecular formula is C23H19N3O3S. The van der Waals surface area contributed by atoms with E-state index in [0.29, 0.717) is 28.4 Å². The van der Waals surface area contributed by atoms with Gasteiger partial charge in [-0.15, -0.1) is 0 Å². The van der Waals surface area contributed by atoms with Gasteiger partial charge in [0.2, 0.25) is 5.89 Å². The molecule has 1 amide bonds. The molecule has 0 saturated carbocycles. The van der Waals surface area contributed by atoms with Gasteiger partial charge >= 0.3 is 0 Å². The first-order chi connectivity index (χ1) is 14.6. The summed E-state index contributed by atoms with van der Waals surface area (Å²) in [5.74, 6) is 0.823. The van der Waals surface area contributed by atoms with E-state index in [1.54, 1.807) is 12.1 Å². The van der Waals surface area contributed by atoms with Gasteiger partial charge in [-0.2, -0.15) is 0 Å². The Morgan fingerprint density at radius 1 is 1.07 bits per heavy atom. The van der Waals surface area contributed by atoms with E-state index in [4.69, 9.17) is 21.4 Å². The van der Waals surface area contributed by atoms with Crippen molar-refractivity contribution in [1.82, 2.24) is 10.3 Å². The number of thiocarbonyl (C=S) groups is 1. The molecule has 6 nitrogen and oxygen atoms in total. The van der Waals surface area contributed by atoms with Crippen molar-refractivity contribution in [2.45, 2.75) is 6.92 Å². The van der Waals surface area contributed by atoms with Crippen LogP contribution in [-0.2, 0) is 4.79 Å². The second kappa shape index (κ2) is 8.75. The molecule has 4 rings (SSSR count). The standard InChI is InChI=1S/C23H19N3O3S/c1-15-7-9-16(10-8-15)22-25-19-13-17(11-12-20(19)29-22)24-23(30)26-21(27)14-28-18-5-3-2-4-6-18/h2-13H,14H2,1H3,(H2,24,26,27,30). The van der Waals surface area contributed by atoms with Gasteiger partial charge in [-0.1, -0.05) is 35.9 Å². The number of hydrogen-bond acceptors (Lipinski definition) is 5. The number of anilines is 1. The summed E-state index contributed by atoms with van der Waals surface area (Å²) in [7, 11) is 0. The van der Waals surface area contributed by atoms with Crippen LogP contribution in [0.15, 0.2) is 77.2 Å². The smallest absolute Gasteiger partial charge is 0.264 e. The van der Waals surface area contributed by atoms with E-state index in [2.05, 4.69) is 15.6 Å². The molecule has 150 valence electrons. The van der Waals surface area contributed by atoms with Crippen LogP contribution >= 0.6 is 12.2 Å². The molecule has 30 heavy (non-hydrogen) atoms. The minimum atomic E-state index is -0.347. The average molecular weight is 417 g/mol. The normalized spacial score (nSPS) is 10.6. The van der Waals surface area contributed by atoms with Crippen molar-refractivity contribution in [3.63, 3.8) is 0 Å². The molecule has 0 unspecified atom stereocenters. The zero-order valence-electron chi connectivity index (χ0n) is 16.2. The van der Waals surface area contributed by atoms with Crippen LogP contribution < -0.4 is 15.4 Å². The number of benzene rings is 3. The number of aryl methyl sites for hydroxylation is 1. The summed E-state index contributed by atoms with van der Waals surface area (Å²) < 4.78 is 11.2. The summed E-state index contributed by atoms with van der Waals surface area (Å²) in [6.45, 7) is 1.90. The van der Waals surface area contributed by atoms with Crippen molar-refractivity contribution in [3.05, 3.63) is 78.4 Å². The molecule has 0 aliphatic heterocycles. The minimum Gasteiger partial charge on any atom is -0.484 e. The van der Waals surface area contributed by atoms with Crippen molar-refractivity contribution in [1.29, 1.82) is 0 Å². The topological polar surface area (TPSA) is 76.4 Å². The lowest BCUT2D eigenvalue weighted by Gasteiger charge is -2.10. The molecule has 0 aliphatic rings. The maximum atomic E-state index is 12.0. The molecule has 0 saturated heterocycles. The van der Waals surface area contributed by atoms with E-state index in [-0.39, 0.29) is 17.6 Å². The van der Waals surface area contributed by atoms with Gasteiger partial charge in [0.15, 0.2) is 17.3 Å². The Morgan fingerprint density at radius 2 is 1.83 bits per heavy atom. The van der Waals surface area contributed by atoms with E-state index in [1.807, 2.05) is 67.6 Å². The van der Waals surface area contributed by atoms with E-state index in [0.717, 1.165) is 5.56 Å². The van der Waals surface area contributed by atoms with Crippen LogP contribution in [0.4, 0.5) is 5.69 Å². The first-order valence-electron chi connectivity index (χ1n) is 9.33. The largest absolute Gasteiger partial charge is 0.484 e. The number of carbonyl (C=O) groups is 1. The second-order valence-electron chi connectivity index (χ2n) is 6.67. The maximum absolute atomic E-state index is 12.0. The molecule has 0 bridgehead atoms. The molecule has 0 aliphatic carbocycles. The maximum Gasteiger partial charge on any atom is 0.264 e. The van der Waals surface area contributed by atoms with Crippen molar-refractivity contribution in [2.75, 3.05) is 11.9 Å². The predicted octanol–water partition coefficient (Wildman–Crippen LogP) is 4.70. The van der Waals surface area contributed by atoms with Gasteiger partial charge in [0.05, 0.1) is 0 Å². The summed E-state index contributed by atoms with van der Waals surface area (Å²) in [4.78, 5) is 16.6. The quantitative estimate of drug-likeness (QED) is 0.459. The van der Waals surface area contributed by atoms with Crippen LogP contribution in [0.2, 0.25) is 0 Å². The van der Waals surface area contributed by atoms with E-state index in [1.165, 1.54) is 5.56 Å². The molecule has 4 aromatic rings. The van der Waals surface area contributed by atoms with E-state index < -0.39 is 0 Å². The third kappa shape index (κ3) is 4.82. The van der Waals surface area contributed by atoms with Crippen LogP contribution in [0, 0.1) is 6.92 Å². The number of carbonyl (C=O) groups excluding carboxylic acids is 1. The minimum absolute atomic E-state index is 0.131. The fourth-order valence-corrected chi connectivity index (χ4v) is 3.05. The molecular weight excluding hydrogens is 398 g/mol. The zero-order valence-corrected chi connectivity index (χ0v) is 17.0. The molecule has 3 aromatic carbocycles. The number of para-hydroxylation sites is 1. The molecule has 0 radical (unpaired) electrons. The van der Waals surface area contributed by atoms with Gasteiger partial charge in [0.25, 0.3) is 5.91 Å². The number of hydrogen-bond donors (Lipinski definition) is 2. The summed E-state index contributed by atoms with van der Waals surface area (Å²) in [5, 5.41) is 5.76. The summed E-state index contributed by atoms with van der Waals surface area (Å²) in [5.41, 5.74) is 4.14. The highest BCUT2D eigenvalue weighted by atomic mass is 32.1. The Hall–Kier alpha value is -3.71. The van der Waals surface area contributed by atoms with Crippen molar-refractivity contribution < 1.29 is 13.9 Å². The first-order valence-corrected chi connectivity index (χ1v) is 9.74. The van der Waals surface area contributed by atoms with E-state index in [9.17, 15) is 4.79 Å².